The molecule has 0 aromatic heterocycles. The van der Waals surface area contributed by atoms with Gasteiger partial charge in [0.25, 0.3) is 0 Å². The average molecular weight is 208 g/mol. The summed E-state index contributed by atoms with van der Waals surface area (Å²) in [7, 11) is 0. The molecule has 0 aliphatic heterocycles. The molecule has 15 heavy (non-hydrogen) atoms. The van der Waals surface area contributed by atoms with Gasteiger partial charge in [-0.1, -0.05) is 33.6 Å². The lowest BCUT2D eigenvalue weighted by Gasteiger charge is -2.46. The van der Waals surface area contributed by atoms with Crippen LogP contribution in [0.25, 0.3) is 0 Å². The molecule has 86 valence electrons. The Kier molecular flexibility index (Phi) is 3.84. The van der Waals surface area contributed by atoms with Gasteiger partial charge in [-0.05, 0) is 30.6 Å². The fourth-order valence-corrected chi connectivity index (χ4v) is 3.05. The average Bonchev–Trinajstić information content (AvgIpc) is 2.14. The Balaban J connectivity index is 2.77. The lowest BCUT2D eigenvalue weighted by atomic mass is 9.62. The quantitative estimate of drug-likeness (QED) is 0.690. The van der Waals surface area contributed by atoms with E-state index in [1.165, 1.54) is 6.42 Å². The molecule has 1 heteroatoms. The Morgan fingerprint density at radius 3 is 2.60 bits per heavy atom. The molecular formula is C14H24O. The second-order valence-electron chi connectivity index (χ2n) is 5.97. The van der Waals surface area contributed by atoms with Crippen molar-refractivity contribution in [3.05, 3.63) is 0 Å². The maximum atomic E-state index is 10.7. The third-order valence-corrected chi connectivity index (χ3v) is 3.75. The zero-order valence-electron chi connectivity index (χ0n) is 10.3. The lowest BCUT2D eigenvalue weighted by Crippen LogP contribution is -2.46. The minimum atomic E-state index is -0.511. The zero-order chi connectivity index (χ0) is 11.5. The second-order valence-corrected chi connectivity index (χ2v) is 5.97. The van der Waals surface area contributed by atoms with Crippen LogP contribution in [0, 0.1) is 23.7 Å². The summed E-state index contributed by atoms with van der Waals surface area (Å²) in [6, 6.07) is 0. The Labute approximate surface area is 94.3 Å². The largest absolute Gasteiger partial charge is 0.390 e. The van der Waals surface area contributed by atoms with Crippen molar-refractivity contribution in [2.24, 2.45) is 11.3 Å². The van der Waals surface area contributed by atoms with Crippen molar-refractivity contribution in [3.63, 3.8) is 0 Å². The van der Waals surface area contributed by atoms with Gasteiger partial charge in [0, 0.05) is 6.42 Å². The molecule has 1 rings (SSSR count). The van der Waals surface area contributed by atoms with Crippen LogP contribution in [-0.4, -0.2) is 10.7 Å². The first-order valence-corrected chi connectivity index (χ1v) is 6.06. The fraction of sp³-hybridized carbons (Fsp3) is 0.857. The predicted octanol–water partition coefficient (Wildman–Crippen LogP) is 3.37. The molecule has 0 amide bonds. The number of hydrogen-bond donors (Lipinski definition) is 1. The lowest BCUT2D eigenvalue weighted by molar-refractivity contribution is -0.0938. The topological polar surface area (TPSA) is 20.2 Å². The molecule has 1 nitrogen and oxygen atoms in total. The van der Waals surface area contributed by atoms with Crippen molar-refractivity contribution >= 4 is 0 Å². The van der Waals surface area contributed by atoms with Crippen LogP contribution in [0.3, 0.4) is 0 Å². The van der Waals surface area contributed by atoms with E-state index in [1.54, 1.807) is 0 Å². The molecule has 1 fully saturated rings. The van der Waals surface area contributed by atoms with Crippen molar-refractivity contribution in [2.75, 3.05) is 0 Å². The highest BCUT2D eigenvalue weighted by atomic mass is 16.3. The number of hydrogen-bond acceptors (Lipinski definition) is 1. The van der Waals surface area contributed by atoms with Gasteiger partial charge < -0.3 is 5.11 Å². The van der Waals surface area contributed by atoms with E-state index < -0.39 is 5.60 Å². The van der Waals surface area contributed by atoms with Crippen LogP contribution in [0.15, 0.2) is 0 Å². The van der Waals surface area contributed by atoms with Gasteiger partial charge in [0.2, 0.25) is 0 Å². The maximum absolute atomic E-state index is 10.7. The highest BCUT2D eigenvalue weighted by molar-refractivity contribution is 4.98. The van der Waals surface area contributed by atoms with Gasteiger partial charge in [-0.15, -0.1) is 12.3 Å². The minimum Gasteiger partial charge on any atom is -0.390 e. The van der Waals surface area contributed by atoms with E-state index in [-0.39, 0.29) is 5.41 Å². The monoisotopic (exact) mass is 208 g/mol. The number of rotatable bonds is 2. The summed E-state index contributed by atoms with van der Waals surface area (Å²) in [5, 5.41) is 10.7. The summed E-state index contributed by atoms with van der Waals surface area (Å²) in [6.45, 7) is 6.68. The van der Waals surface area contributed by atoms with Crippen LogP contribution in [0.2, 0.25) is 0 Å². The summed E-state index contributed by atoms with van der Waals surface area (Å²) in [5.41, 5.74) is -0.327. The van der Waals surface area contributed by atoms with E-state index in [1.807, 2.05) is 0 Å². The van der Waals surface area contributed by atoms with Crippen molar-refractivity contribution in [2.45, 2.75) is 64.9 Å². The van der Waals surface area contributed by atoms with Crippen LogP contribution in [0.5, 0.6) is 0 Å². The minimum absolute atomic E-state index is 0.184. The van der Waals surface area contributed by atoms with Gasteiger partial charge in [-0.3, -0.25) is 0 Å². The molecule has 0 heterocycles. The normalized spacial score (nSPS) is 32.3. The summed E-state index contributed by atoms with van der Waals surface area (Å²) < 4.78 is 0. The van der Waals surface area contributed by atoms with E-state index in [4.69, 9.17) is 6.42 Å². The summed E-state index contributed by atoms with van der Waals surface area (Å²) >= 11 is 0. The van der Waals surface area contributed by atoms with Crippen LogP contribution in [0.1, 0.15) is 59.3 Å². The molecule has 0 aromatic carbocycles. The first kappa shape index (κ1) is 12.6. The van der Waals surface area contributed by atoms with E-state index in [9.17, 15) is 5.11 Å². The molecule has 1 aliphatic rings. The molecule has 1 aliphatic carbocycles. The molecule has 0 aromatic rings. The summed E-state index contributed by atoms with van der Waals surface area (Å²) in [4.78, 5) is 0. The summed E-state index contributed by atoms with van der Waals surface area (Å²) in [6.07, 6.45) is 11.2. The molecule has 1 saturated carbocycles. The maximum Gasteiger partial charge on any atom is 0.0689 e. The van der Waals surface area contributed by atoms with Crippen LogP contribution in [0.4, 0.5) is 0 Å². The molecule has 0 spiro atoms. The van der Waals surface area contributed by atoms with Crippen LogP contribution < -0.4 is 0 Å². The zero-order valence-corrected chi connectivity index (χ0v) is 10.3. The molecule has 2 atom stereocenters. The van der Waals surface area contributed by atoms with E-state index in [0.717, 1.165) is 25.7 Å². The van der Waals surface area contributed by atoms with Crippen molar-refractivity contribution in [1.82, 2.24) is 0 Å². The Morgan fingerprint density at radius 2 is 2.07 bits per heavy atom. The smallest absolute Gasteiger partial charge is 0.0689 e. The summed E-state index contributed by atoms with van der Waals surface area (Å²) in [5.74, 6) is 3.05. The number of aliphatic hydroxyl groups is 1. The fourth-order valence-electron chi connectivity index (χ4n) is 3.05. The molecule has 1 N–H and O–H groups in total. The Morgan fingerprint density at radius 1 is 1.40 bits per heavy atom. The third-order valence-electron chi connectivity index (χ3n) is 3.75. The molecular weight excluding hydrogens is 184 g/mol. The highest BCUT2D eigenvalue weighted by Gasteiger charge is 2.43. The highest BCUT2D eigenvalue weighted by Crippen LogP contribution is 2.46. The molecule has 0 saturated heterocycles. The van der Waals surface area contributed by atoms with Gasteiger partial charge in [-0.25, -0.2) is 0 Å². The third kappa shape index (κ3) is 2.98. The predicted molar refractivity (Wildman–Crippen MR) is 64.4 cm³/mol. The van der Waals surface area contributed by atoms with Crippen molar-refractivity contribution in [3.8, 4) is 12.3 Å². The number of terminal acetylenes is 1. The van der Waals surface area contributed by atoms with Gasteiger partial charge in [-0.2, -0.15) is 0 Å². The van der Waals surface area contributed by atoms with Gasteiger partial charge in [0.15, 0.2) is 0 Å². The molecule has 0 radical (unpaired) electrons. The van der Waals surface area contributed by atoms with Crippen molar-refractivity contribution in [1.29, 1.82) is 0 Å². The Bertz CT molecular complexity index is 243. The molecule has 2 unspecified atom stereocenters. The van der Waals surface area contributed by atoms with Gasteiger partial charge in [0.1, 0.15) is 0 Å². The first-order valence-electron chi connectivity index (χ1n) is 6.06. The van der Waals surface area contributed by atoms with Crippen molar-refractivity contribution < 1.29 is 5.11 Å². The van der Waals surface area contributed by atoms with Gasteiger partial charge >= 0.3 is 0 Å². The SMILES string of the molecule is C#CCCC1(O)CCCCC1C(C)(C)C. The van der Waals surface area contributed by atoms with Crippen LogP contribution in [-0.2, 0) is 0 Å². The second kappa shape index (κ2) is 4.58. The molecule has 0 bridgehead atoms. The van der Waals surface area contributed by atoms with E-state index >= 15 is 0 Å². The van der Waals surface area contributed by atoms with E-state index in [2.05, 4.69) is 26.7 Å². The van der Waals surface area contributed by atoms with Gasteiger partial charge in [0.05, 0.1) is 5.60 Å². The van der Waals surface area contributed by atoms with Crippen LogP contribution >= 0.6 is 0 Å². The standard InChI is InChI=1S/C14H24O/c1-5-6-10-14(15)11-8-7-9-12(14)13(2,3)4/h1,12,15H,6-11H2,2-4H3. The van der Waals surface area contributed by atoms with E-state index in [0.29, 0.717) is 12.3 Å². The Hall–Kier alpha value is -0.480. The first-order chi connectivity index (χ1) is 6.90.